The van der Waals surface area contributed by atoms with Gasteiger partial charge in [-0.05, 0) is 38.0 Å². The summed E-state index contributed by atoms with van der Waals surface area (Å²) < 4.78 is 5.42. The fourth-order valence-electron chi connectivity index (χ4n) is 2.61. The molecule has 3 heteroatoms. The lowest BCUT2D eigenvalue weighted by molar-refractivity contribution is 0.0541. The topological polar surface area (TPSA) is 41.5 Å². The van der Waals surface area contributed by atoms with Crippen LogP contribution in [0.5, 0.6) is 0 Å². The van der Waals surface area contributed by atoms with Crippen LogP contribution in [0.2, 0.25) is 0 Å². The van der Waals surface area contributed by atoms with Crippen LogP contribution in [0.25, 0.3) is 0 Å². The Morgan fingerprint density at radius 2 is 2.12 bits per heavy atom. The maximum absolute atomic E-state index is 9.33. The second-order valence-electron chi connectivity index (χ2n) is 5.40. The van der Waals surface area contributed by atoms with E-state index in [1.165, 1.54) is 19.3 Å². The molecular formula is C13H27NO2. The van der Waals surface area contributed by atoms with Gasteiger partial charge in [0.25, 0.3) is 0 Å². The van der Waals surface area contributed by atoms with E-state index < -0.39 is 0 Å². The standard InChI is InChI=1S/C13H27NO2/c1-10(2)7-12(9-15)14-11-5-4-6-13(8-11)16-3/h10-15H,4-9H2,1-3H3. The highest BCUT2D eigenvalue weighted by Crippen LogP contribution is 2.21. The second-order valence-corrected chi connectivity index (χ2v) is 5.40. The van der Waals surface area contributed by atoms with E-state index in [1.54, 1.807) is 7.11 Å². The summed E-state index contributed by atoms with van der Waals surface area (Å²) in [6.07, 6.45) is 6.17. The SMILES string of the molecule is COC1CCCC(NC(CO)CC(C)C)C1. The first kappa shape index (κ1) is 13.9. The number of methoxy groups -OCH3 is 1. The molecule has 3 unspecified atom stereocenters. The molecule has 1 aliphatic carbocycles. The molecule has 3 nitrogen and oxygen atoms in total. The third-order valence-electron chi connectivity index (χ3n) is 3.41. The molecule has 16 heavy (non-hydrogen) atoms. The smallest absolute Gasteiger partial charge is 0.0586 e. The van der Waals surface area contributed by atoms with Crippen molar-refractivity contribution in [2.75, 3.05) is 13.7 Å². The molecule has 1 rings (SSSR count). The Kier molecular flexibility index (Phi) is 6.32. The summed E-state index contributed by atoms with van der Waals surface area (Å²) in [5.41, 5.74) is 0. The van der Waals surface area contributed by atoms with Gasteiger partial charge >= 0.3 is 0 Å². The first-order chi connectivity index (χ1) is 7.65. The van der Waals surface area contributed by atoms with Gasteiger partial charge in [-0.25, -0.2) is 0 Å². The minimum atomic E-state index is 0.242. The Morgan fingerprint density at radius 1 is 1.38 bits per heavy atom. The summed E-state index contributed by atoms with van der Waals surface area (Å²) in [5.74, 6) is 0.631. The number of nitrogens with one attached hydrogen (secondary N) is 1. The number of rotatable bonds is 6. The maximum Gasteiger partial charge on any atom is 0.0586 e. The van der Waals surface area contributed by atoms with Crippen molar-refractivity contribution in [2.45, 2.75) is 64.1 Å². The van der Waals surface area contributed by atoms with Gasteiger partial charge in [0.15, 0.2) is 0 Å². The van der Waals surface area contributed by atoms with E-state index in [9.17, 15) is 5.11 Å². The Morgan fingerprint density at radius 3 is 2.69 bits per heavy atom. The van der Waals surface area contributed by atoms with E-state index >= 15 is 0 Å². The molecular weight excluding hydrogens is 202 g/mol. The van der Waals surface area contributed by atoms with E-state index in [0.29, 0.717) is 18.1 Å². The molecule has 96 valence electrons. The largest absolute Gasteiger partial charge is 0.395 e. The average molecular weight is 229 g/mol. The van der Waals surface area contributed by atoms with Crippen LogP contribution >= 0.6 is 0 Å². The Bertz CT molecular complexity index is 185. The zero-order valence-electron chi connectivity index (χ0n) is 10.9. The summed E-state index contributed by atoms with van der Waals surface area (Å²) in [4.78, 5) is 0. The second kappa shape index (κ2) is 7.25. The summed E-state index contributed by atoms with van der Waals surface area (Å²) in [6.45, 7) is 4.64. The molecule has 0 aliphatic heterocycles. The lowest BCUT2D eigenvalue weighted by atomic mass is 9.91. The van der Waals surface area contributed by atoms with E-state index in [1.807, 2.05) is 0 Å². The van der Waals surface area contributed by atoms with Crippen molar-refractivity contribution in [3.05, 3.63) is 0 Å². The van der Waals surface area contributed by atoms with Gasteiger partial charge in [-0.2, -0.15) is 0 Å². The zero-order valence-corrected chi connectivity index (χ0v) is 10.9. The van der Waals surface area contributed by atoms with Crippen LogP contribution < -0.4 is 5.32 Å². The number of ether oxygens (including phenoxy) is 1. The fourth-order valence-corrected chi connectivity index (χ4v) is 2.61. The molecule has 2 N–H and O–H groups in total. The van der Waals surface area contributed by atoms with Crippen LogP contribution in [-0.2, 0) is 4.74 Å². The predicted molar refractivity (Wildman–Crippen MR) is 66.5 cm³/mol. The minimum absolute atomic E-state index is 0.242. The third-order valence-corrected chi connectivity index (χ3v) is 3.41. The quantitative estimate of drug-likeness (QED) is 0.731. The molecule has 0 saturated heterocycles. The number of aliphatic hydroxyl groups excluding tert-OH is 1. The van der Waals surface area contributed by atoms with Crippen LogP contribution in [0.4, 0.5) is 0 Å². The van der Waals surface area contributed by atoms with Crippen molar-refractivity contribution in [1.82, 2.24) is 5.32 Å². The Labute approximate surface area is 99.6 Å². The van der Waals surface area contributed by atoms with E-state index in [-0.39, 0.29) is 12.6 Å². The maximum atomic E-state index is 9.33. The minimum Gasteiger partial charge on any atom is -0.395 e. The van der Waals surface area contributed by atoms with Crippen LogP contribution in [0.3, 0.4) is 0 Å². The van der Waals surface area contributed by atoms with Gasteiger partial charge in [0, 0.05) is 19.2 Å². The monoisotopic (exact) mass is 229 g/mol. The lowest BCUT2D eigenvalue weighted by Crippen LogP contribution is -2.44. The van der Waals surface area contributed by atoms with Gasteiger partial charge < -0.3 is 15.2 Å². The van der Waals surface area contributed by atoms with Gasteiger partial charge in [0.2, 0.25) is 0 Å². The first-order valence-corrected chi connectivity index (χ1v) is 6.55. The van der Waals surface area contributed by atoms with Crippen LogP contribution in [0, 0.1) is 5.92 Å². The molecule has 0 radical (unpaired) electrons. The van der Waals surface area contributed by atoms with E-state index in [0.717, 1.165) is 12.8 Å². The molecule has 0 bridgehead atoms. The molecule has 0 aromatic heterocycles. The highest BCUT2D eigenvalue weighted by atomic mass is 16.5. The highest BCUT2D eigenvalue weighted by molar-refractivity contribution is 4.81. The average Bonchev–Trinajstić information content (AvgIpc) is 2.28. The fraction of sp³-hybridized carbons (Fsp3) is 1.00. The summed E-state index contributed by atoms with van der Waals surface area (Å²) in [5, 5.41) is 12.9. The van der Waals surface area contributed by atoms with Crippen molar-refractivity contribution >= 4 is 0 Å². The van der Waals surface area contributed by atoms with Gasteiger partial charge in [-0.15, -0.1) is 0 Å². The molecule has 0 aromatic rings. The van der Waals surface area contributed by atoms with Crippen LogP contribution in [0.15, 0.2) is 0 Å². The Hall–Kier alpha value is -0.120. The van der Waals surface area contributed by atoms with Crippen molar-refractivity contribution < 1.29 is 9.84 Å². The zero-order chi connectivity index (χ0) is 12.0. The van der Waals surface area contributed by atoms with Crippen molar-refractivity contribution in [3.8, 4) is 0 Å². The summed E-state index contributed by atoms with van der Waals surface area (Å²) in [7, 11) is 1.80. The molecule has 0 aromatic carbocycles. The van der Waals surface area contributed by atoms with E-state index in [2.05, 4.69) is 19.2 Å². The normalized spacial score (nSPS) is 28.3. The molecule has 1 aliphatic rings. The molecule has 0 heterocycles. The van der Waals surface area contributed by atoms with Gasteiger partial charge in [-0.3, -0.25) is 0 Å². The van der Waals surface area contributed by atoms with Gasteiger partial charge in [0.05, 0.1) is 12.7 Å². The van der Waals surface area contributed by atoms with Crippen molar-refractivity contribution in [1.29, 1.82) is 0 Å². The first-order valence-electron chi connectivity index (χ1n) is 6.55. The van der Waals surface area contributed by atoms with E-state index in [4.69, 9.17) is 4.74 Å². The van der Waals surface area contributed by atoms with Gasteiger partial charge in [-0.1, -0.05) is 13.8 Å². The molecule has 1 fully saturated rings. The third kappa shape index (κ3) is 4.81. The number of hydrogen-bond donors (Lipinski definition) is 2. The Balaban J connectivity index is 2.33. The highest BCUT2D eigenvalue weighted by Gasteiger charge is 2.23. The number of aliphatic hydroxyl groups is 1. The number of hydrogen-bond acceptors (Lipinski definition) is 3. The predicted octanol–water partition coefficient (Wildman–Crippen LogP) is 1.94. The van der Waals surface area contributed by atoms with Gasteiger partial charge in [0.1, 0.15) is 0 Å². The lowest BCUT2D eigenvalue weighted by Gasteiger charge is -2.32. The molecule has 0 amide bonds. The van der Waals surface area contributed by atoms with Crippen LogP contribution in [0.1, 0.15) is 46.0 Å². The molecule has 1 saturated carbocycles. The molecule has 3 atom stereocenters. The summed E-state index contributed by atoms with van der Waals surface area (Å²) in [6, 6.07) is 0.773. The van der Waals surface area contributed by atoms with Crippen molar-refractivity contribution in [2.24, 2.45) is 5.92 Å². The molecule has 0 spiro atoms. The summed E-state index contributed by atoms with van der Waals surface area (Å²) >= 11 is 0. The van der Waals surface area contributed by atoms with Crippen molar-refractivity contribution in [3.63, 3.8) is 0 Å². The van der Waals surface area contributed by atoms with Crippen LogP contribution in [-0.4, -0.2) is 37.0 Å².